The summed E-state index contributed by atoms with van der Waals surface area (Å²) in [6, 6.07) is -0.843. The second kappa shape index (κ2) is 14.4. The molecule has 0 saturated carbocycles. The monoisotopic (exact) mass is 386 g/mol. The molecule has 158 valence electrons. The van der Waals surface area contributed by atoms with E-state index in [9.17, 15) is 14.4 Å². The van der Waals surface area contributed by atoms with E-state index in [4.69, 9.17) is 10.5 Å². The summed E-state index contributed by atoms with van der Waals surface area (Å²) in [7, 11) is 0. The van der Waals surface area contributed by atoms with Crippen LogP contribution in [0.15, 0.2) is 0 Å². The van der Waals surface area contributed by atoms with E-state index in [2.05, 4.69) is 22.9 Å². The molecular weight excluding hydrogens is 348 g/mol. The number of nitrogens with one attached hydrogen (secondary N) is 3. The molecule has 0 aliphatic carbocycles. The van der Waals surface area contributed by atoms with Gasteiger partial charge in [0.2, 0.25) is 17.7 Å². The van der Waals surface area contributed by atoms with Gasteiger partial charge < -0.3 is 26.4 Å². The van der Waals surface area contributed by atoms with Gasteiger partial charge in [-0.25, -0.2) is 0 Å². The summed E-state index contributed by atoms with van der Waals surface area (Å²) < 4.78 is 5.39. The Bertz CT molecular complexity index is 455. The minimum Gasteiger partial charge on any atom is -0.378 e. The van der Waals surface area contributed by atoms with Crippen LogP contribution in [0.5, 0.6) is 0 Å². The molecule has 0 spiro atoms. The Morgan fingerprint density at radius 2 is 1.59 bits per heavy atom. The predicted octanol–water partition coefficient (Wildman–Crippen LogP) is 0.695. The molecular formula is C19H38N4O4. The van der Waals surface area contributed by atoms with Gasteiger partial charge >= 0.3 is 0 Å². The minimum atomic E-state index is -0.843. The molecule has 8 heteroatoms. The SMILES string of the molecule is CCCCNC(=O)C(N)CC(=O)NCCOCCNC(=O)C(C)(C)CCC. The summed E-state index contributed by atoms with van der Waals surface area (Å²) >= 11 is 0. The molecule has 0 saturated heterocycles. The molecule has 1 atom stereocenters. The molecule has 0 rings (SSSR count). The summed E-state index contributed by atoms with van der Waals surface area (Å²) in [5.41, 5.74) is 5.34. The lowest BCUT2D eigenvalue weighted by Crippen LogP contribution is -2.44. The van der Waals surface area contributed by atoms with E-state index in [1.807, 2.05) is 20.8 Å². The first kappa shape index (κ1) is 25.3. The summed E-state index contributed by atoms with van der Waals surface area (Å²) in [5, 5.41) is 8.22. The topological polar surface area (TPSA) is 123 Å². The highest BCUT2D eigenvalue weighted by Gasteiger charge is 2.25. The first-order valence-corrected chi connectivity index (χ1v) is 9.90. The fourth-order valence-corrected chi connectivity index (χ4v) is 2.46. The summed E-state index contributed by atoms with van der Waals surface area (Å²) in [5.74, 6) is -0.574. The molecule has 0 radical (unpaired) electrons. The number of hydrogen-bond acceptors (Lipinski definition) is 5. The van der Waals surface area contributed by atoms with Crippen LogP contribution in [0.4, 0.5) is 0 Å². The Labute approximate surface area is 163 Å². The Morgan fingerprint density at radius 1 is 0.963 bits per heavy atom. The van der Waals surface area contributed by atoms with Gasteiger partial charge in [0, 0.05) is 25.0 Å². The van der Waals surface area contributed by atoms with E-state index in [1.165, 1.54) is 0 Å². The molecule has 0 aliphatic heterocycles. The fraction of sp³-hybridized carbons (Fsp3) is 0.842. The zero-order valence-corrected chi connectivity index (χ0v) is 17.4. The van der Waals surface area contributed by atoms with Crippen LogP contribution in [0.25, 0.3) is 0 Å². The predicted molar refractivity (Wildman–Crippen MR) is 106 cm³/mol. The van der Waals surface area contributed by atoms with Crippen molar-refractivity contribution in [3.05, 3.63) is 0 Å². The van der Waals surface area contributed by atoms with Gasteiger partial charge in [0.1, 0.15) is 0 Å². The third kappa shape index (κ3) is 12.4. The second-order valence-electron chi connectivity index (χ2n) is 7.31. The Hall–Kier alpha value is -1.67. The van der Waals surface area contributed by atoms with Crippen LogP contribution in [0.3, 0.4) is 0 Å². The Morgan fingerprint density at radius 3 is 2.19 bits per heavy atom. The number of unbranched alkanes of at least 4 members (excludes halogenated alkanes) is 1. The molecule has 5 N–H and O–H groups in total. The molecule has 0 bridgehead atoms. The maximum atomic E-state index is 12.0. The van der Waals surface area contributed by atoms with Gasteiger partial charge in [0.15, 0.2) is 0 Å². The molecule has 0 heterocycles. The van der Waals surface area contributed by atoms with E-state index >= 15 is 0 Å². The number of carbonyl (C=O) groups is 3. The Balaban J connectivity index is 3.74. The van der Waals surface area contributed by atoms with Crippen molar-refractivity contribution in [3.8, 4) is 0 Å². The first-order valence-electron chi connectivity index (χ1n) is 9.90. The van der Waals surface area contributed by atoms with Gasteiger partial charge in [-0.1, -0.05) is 40.5 Å². The maximum Gasteiger partial charge on any atom is 0.237 e. The van der Waals surface area contributed by atoms with Crippen LogP contribution >= 0.6 is 0 Å². The van der Waals surface area contributed by atoms with E-state index in [0.717, 1.165) is 25.7 Å². The zero-order valence-electron chi connectivity index (χ0n) is 17.4. The molecule has 0 aromatic carbocycles. The smallest absolute Gasteiger partial charge is 0.237 e. The summed E-state index contributed by atoms with van der Waals surface area (Å²) in [6.07, 6.45) is 3.61. The fourth-order valence-electron chi connectivity index (χ4n) is 2.46. The van der Waals surface area contributed by atoms with Crippen molar-refractivity contribution in [1.82, 2.24) is 16.0 Å². The van der Waals surface area contributed by atoms with Crippen molar-refractivity contribution in [3.63, 3.8) is 0 Å². The zero-order chi connectivity index (χ0) is 20.7. The number of carbonyl (C=O) groups excluding carboxylic acids is 3. The number of nitrogens with two attached hydrogens (primary N) is 1. The van der Waals surface area contributed by atoms with E-state index in [-0.39, 0.29) is 29.6 Å². The quantitative estimate of drug-likeness (QED) is 0.309. The molecule has 27 heavy (non-hydrogen) atoms. The van der Waals surface area contributed by atoms with Gasteiger partial charge in [0.25, 0.3) is 0 Å². The second-order valence-corrected chi connectivity index (χ2v) is 7.31. The standard InChI is InChI=1S/C19H38N4O4/c1-5-7-9-22-17(25)15(20)14-16(24)21-10-12-27-13-11-23-18(26)19(3,4)8-6-2/h15H,5-14,20H2,1-4H3,(H,21,24)(H,22,25)(H,23,26). The van der Waals surface area contributed by atoms with Crippen LogP contribution in [0.2, 0.25) is 0 Å². The lowest BCUT2D eigenvalue weighted by Gasteiger charge is -2.22. The van der Waals surface area contributed by atoms with Gasteiger partial charge in [-0.2, -0.15) is 0 Å². The molecule has 0 aliphatic rings. The van der Waals surface area contributed by atoms with Crippen molar-refractivity contribution in [2.75, 3.05) is 32.8 Å². The highest BCUT2D eigenvalue weighted by atomic mass is 16.5. The number of rotatable bonds is 15. The van der Waals surface area contributed by atoms with Crippen LogP contribution in [-0.4, -0.2) is 56.6 Å². The third-order valence-electron chi connectivity index (χ3n) is 4.16. The van der Waals surface area contributed by atoms with Crippen molar-refractivity contribution in [2.45, 2.75) is 65.8 Å². The first-order chi connectivity index (χ1) is 12.7. The molecule has 0 aromatic rings. The number of amides is 3. The average Bonchev–Trinajstić information content (AvgIpc) is 2.60. The molecule has 1 unspecified atom stereocenters. The molecule has 8 nitrogen and oxygen atoms in total. The van der Waals surface area contributed by atoms with Gasteiger partial charge in [-0.05, 0) is 12.8 Å². The molecule has 0 aromatic heterocycles. The van der Waals surface area contributed by atoms with Crippen molar-refractivity contribution in [1.29, 1.82) is 0 Å². The lowest BCUT2D eigenvalue weighted by atomic mass is 9.87. The van der Waals surface area contributed by atoms with Gasteiger partial charge in [-0.15, -0.1) is 0 Å². The van der Waals surface area contributed by atoms with Gasteiger partial charge in [0.05, 0.1) is 25.7 Å². The van der Waals surface area contributed by atoms with E-state index in [0.29, 0.717) is 32.8 Å². The van der Waals surface area contributed by atoms with Crippen LogP contribution < -0.4 is 21.7 Å². The third-order valence-corrected chi connectivity index (χ3v) is 4.16. The van der Waals surface area contributed by atoms with Crippen molar-refractivity contribution < 1.29 is 19.1 Å². The lowest BCUT2D eigenvalue weighted by molar-refractivity contribution is -0.130. The molecule has 0 fully saturated rings. The highest BCUT2D eigenvalue weighted by molar-refractivity contribution is 5.88. The largest absolute Gasteiger partial charge is 0.378 e. The van der Waals surface area contributed by atoms with Crippen LogP contribution in [0, 0.1) is 5.41 Å². The van der Waals surface area contributed by atoms with E-state index < -0.39 is 6.04 Å². The normalized spacial score (nSPS) is 12.3. The number of hydrogen-bond donors (Lipinski definition) is 4. The summed E-state index contributed by atoms with van der Waals surface area (Å²) in [4.78, 5) is 35.5. The maximum absolute atomic E-state index is 12.0. The number of ether oxygens (including phenoxy) is 1. The van der Waals surface area contributed by atoms with Crippen molar-refractivity contribution >= 4 is 17.7 Å². The summed E-state index contributed by atoms with van der Waals surface area (Å²) in [6.45, 7) is 9.99. The van der Waals surface area contributed by atoms with Crippen LogP contribution in [-0.2, 0) is 19.1 Å². The minimum absolute atomic E-state index is 0.0208. The Kier molecular flexibility index (Phi) is 13.5. The van der Waals surface area contributed by atoms with Crippen LogP contribution in [0.1, 0.15) is 59.8 Å². The molecule has 3 amide bonds. The van der Waals surface area contributed by atoms with Crippen molar-refractivity contribution in [2.24, 2.45) is 11.1 Å². The average molecular weight is 387 g/mol. The highest BCUT2D eigenvalue weighted by Crippen LogP contribution is 2.21. The van der Waals surface area contributed by atoms with E-state index in [1.54, 1.807) is 0 Å². The van der Waals surface area contributed by atoms with Gasteiger partial charge in [-0.3, -0.25) is 14.4 Å².